The van der Waals surface area contributed by atoms with E-state index < -0.39 is 17.2 Å². The number of aromatic amines is 1. The molecule has 0 aliphatic rings. The molecule has 0 saturated carbocycles. The number of anilines is 2. The molecule has 0 spiro atoms. The molecule has 0 unspecified atom stereocenters. The molecule has 1 heterocycles. The van der Waals surface area contributed by atoms with Gasteiger partial charge >= 0.3 is 5.69 Å². The summed E-state index contributed by atoms with van der Waals surface area (Å²) >= 11 is 11.9. The minimum absolute atomic E-state index is 0.0243. The van der Waals surface area contributed by atoms with Crippen molar-refractivity contribution in [2.45, 2.75) is 32.7 Å². The third-order valence-corrected chi connectivity index (χ3v) is 4.67. The molecule has 28 heavy (non-hydrogen) atoms. The van der Waals surface area contributed by atoms with Gasteiger partial charge in [-0.2, -0.15) is 0 Å². The van der Waals surface area contributed by atoms with Crippen molar-refractivity contribution in [2.24, 2.45) is 0 Å². The number of carbonyl (C=O) groups is 1. The third kappa shape index (κ3) is 5.08. The molecule has 0 aliphatic carbocycles. The second-order valence-electron chi connectivity index (χ2n) is 6.12. The van der Waals surface area contributed by atoms with Gasteiger partial charge in [0.15, 0.2) is 5.69 Å². The Morgan fingerprint density at radius 1 is 1.32 bits per heavy atom. The third-order valence-electron chi connectivity index (χ3n) is 4.13. The summed E-state index contributed by atoms with van der Waals surface area (Å²) in [6.45, 7) is 2.34. The summed E-state index contributed by atoms with van der Waals surface area (Å²) in [7, 11) is 1.42. The molecule has 1 aromatic carbocycles. The van der Waals surface area contributed by atoms with E-state index in [0.29, 0.717) is 28.8 Å². The summed E-state index contributed by atoms with van der Waals surface area (Å²) in [5, 5.41) is 0.824. The van der Waals surface area contributed by atoms with Crippen LogP contribution in [0.2, 0.25) is 10.0 Å². The lowest BCUT2D eigenvalue weighted by molar-refractivity contribution is -0.118. The van der Waals surface area contributed by atoms with Crippen LogP contribution in [0.5, 0.6) is 5.75 Å². The lowest BCUT2D eigenvalue weighted by atomic mass is 10.3. The fraction of sp³-hybridized carbons (Fsp3) is 0.389. The van der Waals surface area contributed by atoms with Crippen LogP contribution in [0.25, 0.3) is 0 Å². The maximum Gasteiger partial charge on any atom is 0.330 e. The SMILES string of the molecule is CCCCn1c(N)c(N(C)C(=O)CCOc2cc(Cl)ccc2Cl)c(=O)[nH]c1=O. The van der Waals surface area contributed by atoms with Crippen LogP contribution in [-0.4, -0.2) is 29.1 Å². The molecule has 0 fully saturated rings. The number of rotatable bonds is 8. The van der Waals surface area contributed by atoms with Gasteiger partial charge in [0.05, 0.1) is 18.1 Å². The van der Waals surface area contributed by atoms with Crippen molar-refractivity contribution in [1.29, 1.82) is 0 Å². The van der Waals surface area contributed by atoms with E-state index in [1.54, 1.807) is 18.2 Å². The predicted octanol–water partition coefficient (Wildman–Crippen LogP) is 2.66. The molecule has 0 radical (unpaired) electrons. The van der Waals surface area contributed by atoms with Crippen molar-refractivity contribution in [2.75, 3.05) is 24.3 Å². The Labute approximate surface area is 171 Å². The highest BCUT2D eigenvalue weighted by molar-refractivity contribution is 6.34. The van der Waals surface area contributed by atoms with E-state index in [2.05, 4.69) is 4.98 Å². The summed E-state index contributed by atoms with van der Waals surface area (Å²) < 4.78 is 6.75. The number of hydrogen-bond donors (Lipinski definition) is 2. The smallest absolute Gasteiger partial charge is 0.330 e. The number of halogens is 2. The first-order valence-electron chi connectivity index (χ1n) is 8.73. The van der Waals surface area contributed by atoms with Crippen LogP contribution >= 0.6 is 23.2 Å². The number of aromatic nitrogens is 2. The Balaban J connectivity index is 2.13. The van der Waals surface area contributed by atoms with E-state index in [4.69, 9.17) is 33.7 Å². The number of nitrogens with two attached hydrogens (primary N) is 1. The average Bonchev–Trinajstić information content (AvgIpc) is 2.63. The quantitative estimate of drug-likeness (QED) is 0.671. The minimum atomic E-state index is -0.718. The number of hydrogen-bond acceptors (Lipinski definition) is 5. The van der Waals surface area contributed by atoms with Crippen LogP contribution in [0.4, 0.5) is 11.5 Å². The number of carbonyl (C=O) groups excluding carboxylic acids is 1. The molecule has 1 amide bonds. The molecular formula is C18H22Cl2N4O4. The van der Waals surface area contributed by atoms with E-state index in [1.807, 2.05) is 6.92 Å². The standard InChI is InChI=1S/C18H22Cl2N4O4/c1-3-4-8-24-16(21)15(17(26)22-18(24)27)23(2)14(25)7-9-28-13-10-11(19)5-6-12(13)20/h5-6,10H,3-4,7-9,21H2,1-2H3,(H,22,26,27). The Kier molecular flexibility index (Phi) is 7.53. The van der Waals surface area contributed by atoms with Crippen molar-refractivity contribution in [1.82, 2.24) is 9.55 Å². The molecule has 8 nitrogen and oxygen atoms in total. The van der Waals surface area contributed by atoms with Crippen LogP contribution in [0.3, 0.4) is 0 Å². The van der Waals surface area contributed by atoms with Gasteiger partial charge in [-0.15, -0.1) is 0 Å². The van der Waals surface area contributed by atoms with E-state index in [9.17, 15) is 14.4 Å². The van der Waals surface area contributed by atoms with Gasteiger partial charge in [-0.25, -0.2) is 4.79 Å². The Morgan fingerprint density at radius 3 is 2.71 bits per heavy atom. The number of ether oxygens (including phenoxy) is 1. The number of nitrogens with zero attached hydrogens (tertiary/aromatic N) is 2. The van der Waals surface area contributed by atoms with Gasteiger partial charge in [-0.3, -0.25) is 19.1 Å². The number of nitrogens with one attached hydrogen (secondary N) is 1. The average molecular weight is 429 g/mol. The van der Waals surface area contributed by atoms with Gasteiger partial charge in [0.25, 0.3) is 5.56 Å². The molecule has 3 N–H and O–H groups in total. The van der Waals surface area contributed by atoms with Crippen molar-refractivity contribution in [3.63, 3.8) is 0 Å². The largest absolute Gasteiger partial charge is 0.491 e. The first-order valence-corrected chi connectivity index (χ1v) is 9.48. The normalized spacial score (nSPS) is 10.7. The molecule has 152 valence electrons. The van der Waals surface area contributed by atoms with Gasteiger partial charge in [0, 0.05) is 24.7 Å². The van der Waals surface area contributed by atoms with Gasteiger partial charge in [0.1, 0.15) is 11.6 Å². The molecule has 2 aromatic rings. The first kappa shape index (κ1) is 21.8. The Bertz CT molecular complexity index is 971. The van der Waals surface area contributed by atoms with Crippen LogP contribution < -0.4 is 26.6 Å². The minimum Gasteiger partial charge on any atom is -0.491 e. The number of nitrogen functional groups attached to an aromatic ring is 1. The molecule has 0 aliphatic heterocycles. The highest BCUT2D eigenvalue weighted by Crippen LogP contribution is 2.27. The fourth-order valence-corrected chi connectivity index (χ4v) is 2.90. The van der Waals surface area contributed by atoms with Gasteiger partial charge in [-0.1, -0.05) is 36.5 Å². The maximum atomic E-state index is 12.5. The zero-order valence-electron chi connectivity index (χ0n) is 15.6. The van der Waals surface area contributed by atoms with Gasteiger partial charge < -0.3 is 15.4 Å². The van der Waals surface area contributed by atoms with Crippen molar-refractivity contribution < 1.29 is 9.53 Å². The lowest BCUT2D eigenvalue weighted by Crippen LogP contribution is -2.39. The van der Waals surface area contributed by atoms with E-state index in [0.717, 1.165) is 11.3 Å². The van der Waals surface area contributed by atoms with E-state index in [-0.39, 0.29) is 24.5 Å². The summed E-state index contributed by atoms with van der Waals surface area (Å²) in [6.07, 6.45) is 1.52. The van der Waals surface area contributed by atoms with Crippen LogP contribution in [-0.2, 0) is 11.3 Å². The molecule has 0 bridgehead atoms. The van der Waals surface area contributed by atoms with E-state index in [1.165, 1.54) is 11.6 Å². The molecule has 0 atom stereocenters. The van der Waals surface area contributed by atoms with Gasteiger partial charge in [-0.05, 0) is 18.6 Å². The number of unbranched alkanes of at least 4 members (excludes halogenated alkanes) is 1. The maximum absolute atomic E-state index is 12.5. The van der Waals surface area contributed by atoms with Crippen LogP contribution in [0.15, 0.2) is 27.8 Å². The summed E-state index contributed by atoms with van der Waals surface area (Å²) in [6, 6.07) is 4.76. The molecule has 0 saturated heterocycles. The predicted molar refractivity (Wildman–Crippen MR) is 111 cm³/mol. The van der Waals surface area contributed by atoms with Crippen LogP contribution in [0, 0.1) is 0 Å². The molecule has 2 rings (SSSR count). The number of H-pyrrole nitrogens is 1. The summed E-state index contributed by atoms with van der Waals surface area (Å²) in [4.78, 5) is 40.0. The molecule has 1 aromatic heterocycles. The first-order chi connectivity index (χ1) is 13.3. The highest BCUT2D eigenvalue weighted by atomic mass is 35.5. The molecule has 10 heteroatoms. The lowest BCUT2D eigenvalue weighted by Gasteiger charge is -2.20. The number of benzene rings is 1. The highest BCUT2D eigenvalue weighted by Gasteiger charge is 2.20. The Morgan fingerprint density at radius 2 is 2.04 bits per heavy atom. The summed E-state index contributed by atoms with van der Waals surface area (Å²) in [5.74, 6) is -0.0945. The zero-order valence-corrected chi connectivity index (χ0v) is 17.1. The molecular weight excluding hydrogens is 407 g/mol. The fourth-order valence-electron chi connectivity index (χ4n) is 2.57. The van der Waals surface area contributed by atoms with Crippen LogP contribution in [0.1, 0.15) is 26.2 Å². The second kappa shape index (κ2) is 9.66. The second-order valence-corrected chi connectivity index (χ2v) is 6.97. The summed E-state index contributed by atoms with van der Waals surface area (Å²) in [5.41, 5.74) is 4.62. The topological polar surface area (TPSA) is 110 Å². The van der Waals surface area contributed by atoms with Crippen molar-refractivity contribution in [3.05, 3.63) is 49.1 Å². The number of amides is 1. The monoisotopic (exact) mass is 428 g/mol. The van der Waals surface area contributed by atoms with Gasteiger partial charge in [0.2, 0.25) is 5.91 Å². The Hall–Kier alpha value is -2.45. The zero-order chi connectivity index (χ0) is 20.8. The van der Waals surface area contributed by atoms with Crippen molar-refractivity contribution >= 4 is 40.6 Å². The van der Waals surface area contributed by atoms with E-state index >= 15 is 0 Å². The van der Waals surface area contributed by atoms with Crippen molar-refractivity contribution in [3.8, 4) is 5.75 Å².